The minimum atomic E-state index is 0.329. The van der Waals surface area contributed by atoms with Gasteiger partial charge in [0, 0.05) is 11.1 Å². The van der Waals surface area contributed by atoms with Gasteiger partial charge in [-0.3, -0.25) is 0 Å². The first-order valence-corrected chi connectivity index (χ1v) is 5.48. The molecule has 1 aromatic rings. The van der Waals surface area contributed by atoms with Crippen LogP contribution in [0, 0.1) is 11.3 Å². The summed E-state index contributed by atoms with van der Waals surface area (Å²) in [6.07, 6.45) is 0.552. The van der Waals surface area contributed by atoms with Crippen molar-refractivity contribution in [2.75, 3.05) is 0 Å². The van der Waals surface area contributed by atoms with Gasteiger partial charge < -0.3 is 0 Å². The second-order valence-corrected chi connectivity index (χ2v) is 4.05. The van der Waals surface area contributed by atoms with Crippen molar-refractivity contribution in [1.82, 2.24) is 0 Å². The first kappa shape index (κ1) is 12.4. The zero-order valence-electron chi connectivity index (χ0n) is 8.02. The van der Waals surface area contributed by atoms with Crippen LogP contribution in [0.25, 0.3) is 5.03 Å². The van der Waals surface area contributed by atoms with E-state index in [1.807, 2.05) is 13.0 Å². The highest BCUT2D eigenvalue weighted by molar-refractivity contribution is 6.53. The molecule has 0 saturated heterocycles. The van der Waals surface area contributed by atoms with Crippen molar-refractivity contribution in [3.8, 4) is 6.07 Å². The summed E-state index contributed by atoms with van der Waals surface area (Å²) in [6.45, 7) is 1.85. The molecule has 0 aromatic heterocycles. The zero-order valence-corrected chi connectivity index (χ0v) is 10.3. The van der Waals surface area contributed by atoms with Crippen molar-refractivity contribution in [2.45, 2.75) is 13.3 Å². The summed E-state index contributed by atoms with van der Waals surface area (Å²) in [5.41, 5.74) is 1.01. The first-order chi connectivity index (χ1) is 7.11. The van der Waals surface area contributed by atoms with Crippen LogP contribution in [0.4, 0.5) is 0 Å². The molecular formula is C11H8Cl3N. The Kier molecular flexibility index (Phi) is 4.47. The highest BCUT2D eigenvalue weighted by atomic mass is 35.5. The summed E-state index contributed by atoms with van der Waals surface area (Å²) in [6, 6.07) is 7.15. The topological polar surface area (TPSA) is 23.8 Å². The largest absolute Gasteiger partial charge is 0.193 e. The predicted molar refractivity (Wildman–Crippen MR) is 65.1 cm³/mol. The average molecular weight is 261 g/mol. The molecule has 0 aliphatic rings. The van der Waals surface area contributed by atoms with Gasteiger partial charge in [-0.25, -0.2) is 0 Å². The number of nitriles is 1. The van der Waals surface area contributed by atoms with Crippen molar-refractivity contribution in [3.05, 3.63) is 39.4 Å². The Morgan fingerprint density at radius 3 is 2.27 bits per heavy atom. The van der Waals surface area contributed by atoms with Gasteiger partial charge in [-0.05, 0) is 18.6 Å². The molecule has 0 amide bonds. The number of nitrogens with zero attached hydrogens (tertiary/aromatic N) is 1. The first-order valence-electron chi connectivity index (χ1n) is 4.35. The fourth-order valence-corrected chi connectivity index (χ4v) is 2.20. The normalized spacial score (nSPS) is 11.9. The molecule has 78 valence electrons. The van der Waals surface area contributed by atoms with Gasteiger partial charge in [0.2, 0.25) is 0 Å². The molecule has 0 heterocycles. The quantitative estimate of drug-likeness (QED) is 0.696. The molecule has 1 aromatic carbocycles. The molecule has 0 aliphatic carbocycles. The van der Waals surface area contributed by atoms with Crippen LogP contribution in [0.1, 0.15) is 18.9 Å². The van der Waals surface area contributed by atoms with Crippen LogP contribution in [0.15, 0.2) is 23.8 Å². The molecule has 4 heteroatoms. The van der Waals surface area contributed by atoms with E-state index in [-0.39, 0.29) is 0 Å². The van der Waals surface area contributed by atoms with Crippen LogP contribution in [-0.2, 0) is 0 Å². The Labute approximate surface area is 104 Å². The van der Waals surface area contributed by atoms with E-state index >= 15 is 0 Å². The van der Waals surface area contributed by atoms with E-state index in [1.165, 1.54) is 0 Å². The lowest BCUT2D eigenvalue weighted by Gasteiger charge is -2.06. The Bertz CT molecular complexity index is 423. The summed E-state index contributed by atoms with van der Waals surface area (Å²) in [5, 5.41) is 10.1. The number of hydrogen-bond acceptors (Lipinski definition) is 1. The maximum absolute atomic E-state index is 8.86. The van der Waals surface area contributed by atoms with Gasteiger partial charge in [0.25, 0.3) is 0 Å². The summed E-state index contributed by atoms with van der Waals surface area (Å²) in [4.78, 5) is 0. The lowest BCUT2D eigenvalue weighted by atomic mass is 10.1. The highest BCUT2D eigenvalue weighted by Gasteiger charge is 2.12. The van der Waals surface area contributed by atoms with Crippen molar-refractivity contribution >= 4 is 39.8 Å². The summed E-state index contributed by atoms with van der Waals surface area (Å²) in [5.74, 6) is 0. The molecule has 0 unspecified atom stereocenters. The maximum Gasteiger partial charge on any atom is 0.0962 e. The van der Waals surface area contributed by atoms with E-state index in [0.717, 1.165) is 0 Å². The number of hydrogen-bond donors (Lipinski definition) is 0. The molecule has 0 aliphatic heterocycles. The van der Waals surface area contributed by atoms with Crippen molar-refractivity contribution in [1.29, 1.82) is 5.26 Å². The van der Waals surface area contributed by atoms with Gasteiger partial charge in [0.1, 0.15) is 0 Å². The summed E-state index contributed by atoms with van der Waals surface area (Å²) >= 11 is 18.0. The molecular weight excluding hydrogens is 252 g/mol. The fraction of sp³-hybridized carbons (Fsp3) is 0.182. The van der Waals surface area contributed by atoms with E-state index in [9.17, 15) is 0 Å². The minimum absolute atomic E-state index is 0.329. The minimum Gasteiger partial charge on any atom is -0.193 e. The molecule has 1 rings (SSSR count). The Morgan fingerprint density at radius 2 is 1.87 bits per heavy atom. The van der Waals surface area contributed by atoms with Gasteiger partial charge in [-0.1, -0.05) is 47.8 Å². The Morgan fingerprint density at radius 1 is 1.33 bits per heavy atom. The molecule has 0 bridgehead atoms. The smallest absolute Gasteiger partial charge is 0.0962 e. The van der Waals surface area contributed by atoms with Crippen LogP contribution in [0.3, 0.4) is 0 Å². The van der Waals surface area contributed by atoms with Gasteiger partial charge in [-0.2, -0.15) is 5.26 Å². The van der Waals surface area contributed by atoms with Crippen molar-refractivity contribution in [3.63, 3.8) is 0 Å². The van der Waals surface area contributed by atoms with Crippen LogP contribution in [0.5, 0.6) is 0 Å². The summed E-state index contributed by atoms with van der Waals surface area (Å²) < 4.78 is 0. The molecule has 0 spiro atoms. The monoisotopic (exact) mass is 259 g/mol. The Hall–Kier alpha value is -0.680. The lowest BCUT2D eigenvalue weighted by molar-refractivity contribution is 1.16. The van der Waals surface area contributed by atoms with Crippen LogP contribution < -0.4 is 0 Å². The van der Waals surface area contributed by atoms with Crippen LogP contribution >= 0.6 is 34.8 Å². The molecule has 1 nitrogen and oxygen atoms in total. The SMILES string of the molecule is CC/C(C#N)=C(/Cl)c1c(Cl)cccc1Cl. The molecule has 0 fully saturated rings. The number of benzene rings is 1. The highest BCUT2D eigenvalue weighted by Crippen LogP contribution is 2.35. The zero-order chi connectivity index (χ0) is 11.4. The van der Waals surface area contributed by atoms with Gasteiger partial charge in [-0.15, -0.1) is 0 Å². The standard InChI is InChI=1S/C11H8Cl3N/c1-2-7(6-15)11(14)10-8(12)4-3-5-9(10)13/h3-5H,2H2,1H3/b11-7-. The third-order valence-electron chi connectivity index (χ3n) is 1.94. The van der Waals surface area contributed by atoms with Crippen molar-refractivity contribution < 1.29 is 0 Å². The van der Waals surface area contributed by atoms with Gasteiger partial charge in [0.05, 0.1) is 21.1 Å². The third kappa shape index (κ3) is 2.66. The van der Waals surface area contributed by atoms with E-state index < -0.39 is 0 Å². The van der Waals surface area contributed by atoms with E-state index in [0.29, 0.717) is 32.6 Å². The molecule has 0 atom stereocenters. The molecule has 0 radical (unpaired) electrons. The second-order valence-electron chi connectivity index (χ2n) is 2.85. The number of halogens is 3. The van der Waals surface area contributed by atoms with E-state index in [4.69, 9.17) is 40.1 Å². The Balaban J connectivity index is 3.41. The number of allylic oxidation sites excluding steroid dienone is 1. The molecule has 15 heavy (non-hydrogen) atoms. The number of rotatable bonds is 2. The molecule has 0 N–H and O–H groups in total. The average Bonchev–Trinajstić information content (AvgIpc) is 2.19. The fourth-order valence-electron chi connectivity index (χ4n) is 1.14. The predicted octanol–water partition coefficient (Wildman–Crippen LogP) is 4.88. The maximum atomic E-state index is 8.86. The second kappa shape index (κ2) is 5.42. The van der Waals surface area contributed by atoms with E-state index in [2.05, 4.69) is 0 Å². The third-order valence-corrected chi connectivity index (χ3v) is 2.98. The lowest BCUT2D eigenvalue weighted by Crippen LogP contribution is -1.86. The van der Waals surface area contributed by atoms with E-state index in [1.54, 1.807) is 18.2 Å². The molecule has 0 saturated carbocycles. The van der Waals surface area contributed by atoms with Crippen molar-refractivity contribution in [2.24, 2.45) is 0 Å². The van der Waals surface area contributed by atoms with Crippen LogP contribution in [-0.4, -0.2) is 0 Å². The van der Waals surface area contributed by atoms with Crippen LogP contribution in [0.2, 0.25) is 10.0 Å². The van der Waals surface area contributed by atoms with Gasteiger partial charge >= 0.3 is 0 Å². The summed E-state index contributed by atoms with van der Waals surface area (Å²) in [7, 11) is 0. The van der Waals surface area contributed by atoms with Gasteiger partial charge in [0.15, 0.2) is 0 Å².